The number of halogens is 4. The van der Waals surface area contributed by atoms with E-state index in [4.69, 9.17) is 0 Å². The number of hydrogen-bond acceptors (Lipinski definition) is 2. The van der Waals surface area contributed by atoms with Crippen molar-refractivity contribution in [2.75, 3.05) is 7.05 Å². The summed E-state index contributed by atoms with van der Waals surface area (Å²) < 4.78 is 37.8. The van der Waals surface area contributed by atoms with E-state index in [2.05, 4.69) is 20.6 Å². The van der Waals surface area contributed by atoms with Crippen LogP contribution in [-0.4, -0.2) is 18.0 Å². The Kier molecular flexibility index (Phi) is 7.61. The summed E-state index contributed by atoms with van der Waals surface area (Å²) in [6.07, 6.45) is -2.57. The fourth-order valence-electron chi connectivity index (χ4n) is 2.71. The lowest BCUT2D eigenvalue weighted by atomic mass is 10.1. The lowest BCUT2D eigenvalue weighted by Crippen LogP contribution is -2.36. The highest BCUT2D eigenvalue weighted by Gasteiger charge is 2.29. The highest BCUT2D eigenvalue weighted by Crippen LogP contribution is 2.29. The molecule has 1 heterocycles. The van der Waals surface area contributed by atoms with Crippen LogP contribution in [0.2, 0.25) is 0 Å². The SMILES string of the molecule is CN=C(NCc1ccc(C(F)(F)F)cc1)NCc1cccc2cccnc12.I. The highest BCUT2D eigenvalue weighted by molar-refractivity contribution is 14.0. The lowest BCUT2D eigenvalue weighted by molar-refractivity contribution is -0.137. The van der Waals surface area contributed by atoms with Crippen molar-refractivity contribution >= 4 is 40.8 Å². The summed E-state index contributed by atoms with van der Waals surface area (Å²) in [7, 11) is 1.64. The molecule has 4 nitrogen and oxygen atoms in total. The number of fused-ring (bicyclic) bond motifs is 1. The van der Waals surface area contributed by atoms with Gasteiger partial charge in [-0.1, -0.05) is 36.4 Å². The molecular weight excluding hydrogens is 480 g/mol. The number of aliphatic imine (C=N–C) groups is 1. The van der Waals surface area contributed by atoms with Gasteiger partial charge in [-0.15, -0.1) is 24.0 Å². The molecule has 0 aliphatic heterocycles. The van der Waals surface area contributed by atoms with Gasteiger partial charge in [0, 0.05) is 31.7 Å². The summed E-state index contributed by atoms with van der Waals surface area (Å²) in [5.74, 6) is 0.558. The number of guanidine groups is 1. The zero-order valence-electron chi connectivity index (χ0n) is 15.1. The molecule has 0 fully saturated rings. The Morgan fingerprint density at radius 2 is 1.64 bits per heavy atom. The fraction of sp³-hybridized carbons (Fsp3) is 0.200. The summed E-state index contributed by atoms with van der Waals surface area (Å²) in [6, 6.07) is 14.9. The maximum atomic E-state index is 12.6. The number of aromatic nitrogens is 1. The third-order valence-electron chi connectivity index (χ3n) is 4.13. The van der Waals surface area contributed by atoms with Gasteiger partial charge in [0.15, 0.2) is 5.96 Å². The first-order valence-corrected chi connectivity index (χ1v) is 8.40. The monoisotopic (exact) mass is 500 g/mol. The molecule has 0 amide bonds. The minimum atomic E-state index is -4.32. The van der Waals surface area contributed by atoms with Crippen LogP contribution >= 0.6 is 24.0 Å². The lowest BCUT2D eigenvalue weighted by Gasteiger charge is -2.13. The van der Waals surface area contributed by atoms with Crippen LogP contribution in [0.15, 0.2) is 65.8 Å². The van der Waals surface area contributed by atoms with Crippen LogP contribution in [0.1, 0.15) is 16.7 Å². The molecule has 0 aliphatic carbocycles. The molecule has 3 aromatic rings. The zero-order valence-corrected chi connectivity index (χ0v) is 17.5. The molecule has 2 N–H and O–H groups in total. The van der Waals surface area contributed by atoms with Gasteiger partial charge in [-0.2, -0.15) is 13.2 Å². The molecule has 0 saturated carbocycles. The predicted octanol–water partition coefficient (Wildman–Crippen LogP) is 4.74. The largest absolute Gasteiger partial charge is 0.416 e. The van der Waals surface area contributed by atoms with Crippen molar-refractivity contribution < 1.29 is 13.2 Å². The second-order valence-corrected chi connectivity index (χ2v) is 5.97. The summed E-state index contributed by atoms with van der Waals surface area (Å²) in [4.78, 5) is 8.56. The normalized spacial score (nSPS) is 11.8. The summed E-state index contributed by atoms with van der Waals surface area (Å²) in [5, 5.41) is 7.36. The number of pyridine rings is 1. The average molecular weight is 500 g/mol. The number of nitrogens with one attached hydrogen (secondary N) is 2. The fourth-order valence-corrected chi connectivity index (χ4v) is 2.71. The molecule has 0 unspecified atom stereocenters. The van der Waals surface area contributed by atoms with E-state index < -0.39 is 11.7 Å². The van der Waals surface area contributed by atoms with E-state index in [1.54, 1.807) is 13.2 Å². The van der Waals surface area contributed by atoms with E-state index in [1.165, 1.54) is 12.1 Å². The maximum absolute atomic E-state index is 12.6. The van der Waals surface area contributed by atoms with Crippen LogP contribution in [0.25, 0.3) is 10.9 Å². The van der Waals surface area contributed by atoms with Gasteiger partial charge in [-0.25, -0.2) is 0 Å². The third-order valence-corrected chi connectivity index (χ3v) is 4.13. The number of alkyl halides is 3. The third kappa shape index (κ3) is 5.57. The summed E-state index contributed by atoms with van der Waals surface area (Å²) >= 11 is 0. The molecule has 3 rings (SSSR count). The Bertz CT molecular complexity index is 935. The van der Waals surface area contributed by atoms with E-state index in [0.717, 1.165) is 34.2 Å². The van der Waals surface area contributed by atoms with Crippen LogP contribution in [0.3, 0.4) is 0 Å². The molecule has 2 aromatic carbocycles. The van der Waals surface area contributed by atoms with Crippen LogP contribution in [0.4, 0.5) is 13.2 Å². The van der Waals surface area contributed by atoms with Gasteiger partial charge in [0.25, 0.3) is 0 Å². The van der Waals surface area contributed by atoms with Crippen LogP contribution in [-0.2, 0) is 19.3 Å². The molecular formula is C20H20F3IN4. The molecule has 8 heteroatoms. The maximum Gasteiger partial charge on any atom is 0.416 e. The molecule has 0 aliphatic rings. The van der Waals surface area contributed by atoms with Crippen molar-refractivity contribution in [3.63, 3.8) is 0 Å². The molecule has 0 spiro atoms. The summed E-state index contributed by atoms with van der Waals surface area (Å²) in [5.41, 5.74) is 2.03. The van der Waals surface area contributed by atoms with Gasteiger partial charge in [0.1, 0.15) is 0 Å². The molecule has 0 saturated heterocycles. The minimum Gasteiger partial charge on any atom is -0.352 e. The van der Waals surface area contributed by atoms with E-state index in [-0.39, 0.29) is 24.0 Å². The van der Waals surface area contributed by atoms with Crippen LogP contribution < -0.4 is 10.6 Å². The summed E-state index contributed by atoms with van der Waals surface area (Å²) in [6.45, 7) is 0.895. The second kappa shape index (κ2) is 9.72. The molecule has 0 radical (unpaired) electrons. The first-order chi connectivity index (χ1) is 13.0. The van der Waals surface area contributed by atoms with Crippen molar-refractivity contribution in [1.82, 2.24) is 15.6 Å². The molecule has 0 bridgehead atoms. The highest BCUT2D eigenvalue weighted by atomic mass is 127. The van der Waals surface area contributed by atoms with E-state index in [0.29, 0.717) is 19.0 Å². The number of benzene rings is 2. The van der Waals surface area contributed by atoms with Gasteiger partial charge < -0.3 is 10.6 Å². The van der Waals surface area contributed by atoms with Gasteiger partial charge in [-0.3, -0.25) is 9.98 Å². The Hall–Kier alpha value is -2.36. The van der Waals surface area contributed by atoms with Gasteiger partial charge in [0.05, 0.1) is 11.1 Å². The smallest absolute Gasteiger partial charge is 0.352 e. The molecule has 28 heavy (non-hydrogen) atoms. The Morgan fingerprint density at radius 3 is 2.32 bits per heavy atom. The first-order valence-electron chi connectivity index (χ1n) is 8.40. The standard InChI is InChI=1S/C20H19F3N4.HI/c1-24-19(26-12-14-7-9-17(10-8-14)20(21,22)23)27-13-16-5-2-4-15-6-3-11-25-18(15)16;/h2-11H,12-13H2,1H3,(H2,24,26,27);1H. The molecule has 148 valence electrons. The van der Waals surface area contributed by atoms with E-state index in [1.807, 2.05) is 30.3 Å². The Morgan fingerprint density at radius 1 is 0.964 bits per heavy atom. The zero-order chi connectivity index (χ0) is 19.3. The minimum absolute atomic E-state index is 0. The molecule has 1 aromatic heterocycles. The topological polar surface area (TPSA) is 49.3 Å². The van der Waals surface area contributed by atoms with E-state index >= 15 is 0 Å². The molecule has 0 atom stereocenters. The quantitative estimate of drug-likeness (QED) is 0.309. The number of nitrogens with zero attached hydrogens (tertiary/aromatic N) is 2. The number of para-hydroxylation sites is 1. The van der Waals surface area contributed by atoms with Crippen molar-refractivity contribution in [2.45, 2.75) is 19.3 Å². The van der Waals surface area contributed by atoms with Crippen molar-refractivity contribution in [1.29, 1.82) is 0 Å². The van der Waals surface area contributed by atoms with Gasteiger partial charge in [-0.05, 0) is 29.3 Å². The number of hydrogen-bond donors (Lipinski definition) is 2. The van der Waals surface area contributed by atoms with Gasteiger partial charge in [0.2, 0.25) is 0 Å². The Balaban J connectivity index is 0.00000280. The van der Waals surface area contributed by atoms with Crippen molar-refractivity contribution in [3.05, 3.63) is 77.5 Å². The van der Waals surface area contributed by atoms with Crippen molar-refractivity contribution in [3.8, 4) is 0 Å². The second-order valence-electron chi connectivity index (χ2n) is 5.97. The average Bonchev–Trinajstić information content (AvgIpc) is 2.68. The Labute approximate surface area is 178 Å². The van der Waals surface area contributed by atoms with Crippen LogP contribution in [0, 0.1) is 0 Å². The predicted molar refractivity (Wildman–Crippen MR) is 116 cm³/mol. The van der Waals surface area contributed by atoms with Gasteiger partial charge >= 0.3 is 6.18 Å². The first kappa shape index (κ1) is 21.9. The number of rotatable bonds is 4. The van der Waals surface area contributed by atoms with Crippen LogP contribution in [0.5, 0.6) is 0 Å². The van der Waals surface area contributed by atoms with E-state index in [9.17, 15) is 13.2 Å². The van der Waals surface area contributed by atoms with Crippen molar-refractivity contribution in [2.24, 2.45) is 4.99 Å².